The number of pyridine rings is 1. The van der Waals surface area contributed by atoms with Crippen molar-refractivity contribution < 1.29 is 5.11 Å². The van der Waals surface area contributed by atoms with E-state index in [9.17, 15) is 0 Å². The zero-order valence-electron chi connectivity index (χ0n) is 7.24. The van der Waals surface area contributed by atoms with Gasteiger partial charge in [-0.2, -0.15) is 0 Å². The lowest BCUT2D eigenvalue weighted by molar-refractivity contribution is 0.277. The van der Waals surface area contributed by atoms with E-state index in [0.717, 1.165) is 5.56 Å². The third kappa shape index (κ3) is 1.62. The highest BCUT2D eigenvalue weighted by Gasteiger charge is 2.07. The van der Waals surface area contributed by atoms with Gasteiger partial charge in [0.25, 0.3) is 0 Å². The highest BCUT2D eigenvalue weighted by molar-refractivity contribution is 6.30. The number of aliphatic hydroxyl groups excluding tert-OH is 1. The second-order valence-corrected chi connectivity index (χ2v) is 3.11. The van der Waals surface area contributed by atoms with E-state index in [-0.39, 0.29) is 6.61 Å². The Bertz CT molecular complexity index is 427. The number of imidazole rings is 1. The van der Waals surface area contributed by atoms with Crippen LogP contribution in [0.3, 0.4) is 0 Å². The normalized spacial score (nSPS) is 10.4. The molecule has 0 aliphatic heterocycles. The zero-order chi connectivity index (χ0) is 9.97. The van der Waals surface area contributed by atoms with Crippen molar-refractivity contribution in [2.45, 2.75) is 6.61 Å². The predicted octanol–water partition coefficient (Wildman–Crippen LogP) is 1.62. The number of aliphatic hydroxyl groups is 1. The Morgan fingerprint density at radius 1 is 1.36 bits per heavy atom. The van der Waals surface area contributed by atoms with Crippen LogP contribution in [0.25, 0.3) is 11.4 Å². The Hall–Kier alpha value is -1.39. The summed E-state index contributed by atoms with van der Waals surface area (Å²) in [7, 11) is 0. The number of hydrogen-bond acceptors (Lipinski definition) is 3. The van der Waals surface area contributed by atoms with E-state index in [2.05, 4.69) is 15.0 Å². The molecule has 0 bridgehead atoms. The van der Waals surface area contributed by atoms with E-state index < -0.39 is 0 Å². The molecule has 14 heavy (non-hydrogen) atoms. The third-order valence-corrected chi connectivity index (χ3v) is 2.15. The van der Waals surface area contributed by atoms with Crippen LogP contribution in [0, 0.1) is 0 Å². The molecule has 0 unspecified atom stereocenters. The molecule has 2 aromatic heterocycles. The Balaban J connectivity index is 2.43. The molecule has 2 N–H and O–H groups in total. The molecule has 0 amide bonds. The summed E-state index contributed by atoms with van der Waals surface area (Å²) in [6.07, 6.45) is 3.34. The van der Waals surface area contributed by atoms with Gasteiger partial charge in [0.2, 0.25) is 0 Å². The van der Waals surface area contributed by atoms with Gasteiger partial charge in [-0.15, -0.1) is 0 Å². The molecule has 2 rings (SSSR count). The van der Waals surface area contributed by atoms with Crippen molar-refractivity contribution >= 4 is 11.6 Å². The molecular formula is C9H8ClN3O. The first kappa shape index (κ1) is 9.18. The highest BCUT2D eigenvalue weighted by atomic mass is 35.5. The maximum absolute atomic E-state index is 8.91. The fourth-order valence-corrected chi connectivity index (χ4v) is 1.33. The van der Waals surface area contributed by atoms with Gasteiger partial charge in [-0.25, -0.2) is 4.98 Å². The summed E-state index contributed by atoms with van der Waals surface area (Å²) in [5.41, 5.74) is 1.42. The molecule has 0 radical (unpaired) electrons. The minimum absolute atomic E-state index is 0.142. The molecule has 72 valence electrons. The van der Waals surface area contributed by atoms with E-state index >= 15 is 0 Å². The van der Waals surface area contributed by atoms with Gasteiger partial charge in [0.1, 0.15) is 5.82 Å². The summed E-state index contributed by atoms with van der Waals surface area (Å²) in [6, 6.07) is 3.63. The smallest absolute Gasteiger partial charge is 0.153 e. The van der Waals surface area contributed by atoms with Crippen LogP contribution in [0.15, 0.2) is 24.5 Å². The summed E-state index contributed by atoms with van der Waals surface area (Å²) in [5, 5.41) is 9.22. The number of halogens is 1. The monoisotopic (exact) mass is 209 g/mol. The van der Waals surface area contributed by atoms with Crippen LogP contribution >= 0.6 is 11.6 Å². The summed E-state index contributed by atoms with van der Waals surface area (Å²) in [5.74, 6) is 0.640. The van der Waals surface area contributed by atoms with E-state index in [0.29, 0.717) is 16.7 Å². The number of rotatable bonds is 2. The maximum atomic E-state index is 8.91. The minimum Gasteiger partial charge on any atom is -0.390 e. The van der Waals surface area contributed by atoms with Gasteiger partial charge in [0.05, 0.1) is 12.3 Å². The number of nitrogens with zero attached hydrogens (tertiary/aromatic N) is 2. The van der Waals surface area contributed by atoms with E-state index in [4.69, 9.17) is 16.7 Å². The van der Waals surface area contributed by atoms with Crippen LogP contribution in [0.4, 0.5) is 0 Å². The second-order valence-electron chi connectivity index (χ2n) is 2.75. The van der Waals surface area contributed by atoms with Crippen LogP contribution in [0.5, 0.6) is 0 Å². The van der Waals surface area contributed by atoms with Gasteiger partial charge in [-0.1, -0.05) is 11.6 Å². The van der Waals surface area contributed by atoms with Crippen molar-refractivity contribution in [3.8, 4) is 11.4 Å². The minimum atomic E-state index is -0.142. The molecule has 5 heteroatoms. The summed E-state index contributed by atoms with van der Waals surface area (Å²) < 4.78 is 0. The van der Waals surface area contributed by atoms with Gasteiger partial charge in [0, 0.05) is 18.0 Å². The van der Waals surface area contributed by atoms with Gasteiger partial charge >= 0.3 is 0 Å². The van der Waals surface area contributed by atoms with Crippen molar-refractivity contribution in [2.24, 2.45) is 0 Å². The fourth-order valence-electron chi connectivity index (χ4n) is 1.14. The molecular weight excluding hydrogens is 202 g/mol. The fraction of sp³-hybridized carbons (Fsp3) is 0.111. The van der Waals surface area contributed by atoms with Crippen LogP contribution in [0.2, 0.25) is 5.15 Å². The van der Waals surface area contributed by atoms with Gasteiger partial charge in [0.15, 0.2) is 5.15 Å². The lowest BCUT2D eigenvalue weighted by atomic mass is 10.2. The number of H-pyrrole nitrogens is 1. The van der Waals surface area contributed by atoms with Crippen molar-refractivity contribution in [1.29, 1.82) is 0 Å². The number of aromatic amines is 1. The molecule has 0 saturated heterocycles. The summed E-state index contributed by atoms with van der Waals surface area (Å²) >= 11 is 5.78. The van der Waals surface area contributed by atoms with Crippen LogP contribution in [-0.4, -0.2) is 20.1 Å². The zero-order valence-corrected chi connectivity index (χ0v) is 7.99. The SMILES string of the molecule is OCc1[nH]c(-c2ccncc2)nc1Cl. The molecule has 2 aromatic rings. The van der Waals surface area contributed by atoms with Crippen LogP contribution in [-0.2, 0) is 6.61 Å². The van der Waals surface area contributed by atoms with E-state index in [1.807, 2.05) is 12.1 Å². The largest absolute Gasteiger partial charge is 0.390 e. The maximum Gasteiger partial charge on any atom is 0.153 e. The predicted molar refractivity (Wildman–Crippen MR) is 52.8 cm³/mol. The molecule has 4 nitrogen and oxygen atoms in total. The number of nitrogens with one attached hydrogen (secondary N) is 1. The second kappa shape index (κ2) is 3.77. The Morgan fingerprint density at radius 3 is 2.64 bits per heavy atom. The molecule has 0 aromatic carbocycles. The van der Waals surface area contributed by atoms with E-state index in [1.165, 1.54) is 0 Å². The molecule has 0 aliphatic rings. The molecule has 0 spiro atoms. The standard InChI is InChI=1S/C9H8ClN3O/c10-8-7(5-14)12-9(13-8)6-1-3-11-4-2-6/h1-4,14H,5H2,(H,12,13). The lowest BCUT2D eigenvalue weighted by Crippen LogP contribution is -1.83. The molecule has 0 fully saturated rings. The highest BCUT2D eigenvalue weighted by Crippen LogP contribution is 2.20. The van der Waals surface area contributed by atoms with Crippen LogP contribution in [0.1, 0.15) is 5.69 Å². The van der Waals surface area contributed by atoms with E-state index in [1.54, 1.807) is 12.4 Å². The Labute approximate surface area is 85.6 Å². The average molecular weight is 210 g/mol. The quantitative estimate of drug-likeness (QED) is 0.790. The first-order valence-electron chi connectivity index (χ1n) is 4.07. The van der Waals surface area contributed by atoms with Crippen molar-refractivity contribution in [1.82, 2.24) is 15.0 Å². The van der Waals surface area contributed by atoms with Crippen LogP contribution < -0.4 is 0 Å². The van der Waals surface area contributed by atoms with Gasteiger partial charge in [-0.05, 0) is 12.1 Å². The van der Waals surface area contributed by atoms with Crippen molar-refractivity contribution in [3.05, 3.63) is 35.4 Å². The number of hydrogen-bond donors (Lipinski definition) is 2. The Kier molecular flexibility index (Phi) is 2.47. The number of aromatic nitrogens is 3. The van der Waals surface area contributed by atoms with Gasteiger partial charge < -0.3 is 10.1 Å². The Morgan fingerprint density at radius 2 is 2.07 bits per heavy atom. The third-order valence-electron chi connectivity index (χ3n) is 1.84. The molecule has 0 atom stereocenters. The first-order chi connectivity index (χ1) is 6.81. The van der Waals surface area contributed by atoms with Crippen molar-refractivity contribution in [3.63, 3.8) is 0 Å². The van der Waals surface area contributed by atoms with Crippen molar-refractivity contribution in [2.75, 3.05) is 0 Å². The molecule has 0 saturated carbocycles. The first-order valence-corrected chi connectivity index (χ1v) is 4.44. The van der Waals surface area contributed by atoms with Gasteiger partial charge in [-0.3, -0.25) is 4.98 Å². The molecule has 0 aliphatic carbocycles. The summed E-state index contributed by atoms with van der Waals surface area (Å²) in [6.45, 7) is -0.142. The summed E-state index contributed by atoms with van der Waals surface area (Å²) in [4.78, 5) is 10.9. The topological polar surface area (TPSA) is 61.8 Å². The lowest BCUT2D eigenvalue weighted by Gasteiger charge is -1.93. The molecule has 2 heterocycles. The average Bonchev–Trinajstić information content (AvgIpc) is 2.61.